The summed E-state index contributed by atoms with van der Waals surface area (Å²) in [6.45, 7) is 2.34. The highest BCUT2D eigenvalue weighted by atomic mass is 16.5. The van der Waals surface area contributed by atoms with Crippen LogP contribution >= 0.6 is 0 Å². The summed E-state index contributed by atoms with van der Waals surface area (Å²) in [6.07, 6.45) is 0. The van der Waals surface area contributed by atoms with E-state index in [1.54, 1.807) is 33.3 Å². The van der Waals surface area contributed by atoms with E-state index in [2.05, 4.69) is 15.5 Å². The Morgan fingerprint density at radius 1 is 1.26 bits per heavy atom. The molecule has 1 N–H and O–H groups in total. The van der Waals surface area contributed by atoms with Gasteiger partial charge in [-0.1, -0.05) is 0 Å². The van der Waals surface area contributed by atoms with E-state index in [1.165, 1.54) is 4.90 Å². The van der Waals surface area contributed by atoms with Gasteiger partial charge in [-0.25, -0.2) is 0 Å². The van der Waals surface area contributed by atoms with Gasteiger partial charge in [0.1, 0.15) is 5.82 Å². The minimum atomic E-state index is -0.165. The van der Waals surface area contributed by atoms with Crippen LogP contribution in [0.5, 0.6) is 0 Å². The molecule has 106 valence electrons. The van der Waals surface area contributed by atoms with Crippen LogP contribution in [-0.4, -0.2) is 68.6 Å². The lowest BCUT2D eigenvalue weighted by Crippen LogP contribution is -2.23. The van der Waals surface area contributed by atoms with Gasteiger partial charge >= 0.3 is 0 Å². The van der Waals surface area contributed by atoms with E-state index in [-0.39, 0.29) is 5.91 Å². The highest BCUT2D eigenvalue weighted by molar-refractivity contribution is 5.91. The Kier molecular flexibility index (Phi) is 6.76. The molecule has 0 aliphatic heterocycles. The number of methoxy groups -OCH3 is 1. The molecule has 0 fully saturated rings. The second-order valence-electron chi connectivity index (χ2n) is 4.04. The number of rotatable bonds is 8. The minimum absolute atomic E-state index is 0.165. The molecule has 0 radical (unpaired) electrons. The van der Waals surface area contributed by atoms with Gasteiger partial charge in [0.25, 0.3) is 5.91 Å². The molecule has 0 spiro atoms. The Labute approximate surface area is 112 Å². The van der Waals surface area contributed by atoms with E-state index in [1.807, 2.05) is 0 Å². The van der Waals surface area contributed by atoms with Crippen molar-refractivity contribution in [2.45, 2.75) is 0 Å². The van der Waals surface area contributed by atoms with Crippen molar-refractivity contribution in [3.8, 4) is 0 Å². The summed E-state index contributed by atoms with van der Waals surface area (Å²) in [5.41, 5.74) is 0.326. The van der Waals surface area contributed by atoms with Crippen LogP contribution in [0.3, 0.4) is 0 Å². The van der Waals surface area contributed by atoms with Crippen LogP contribution in [0.25, 0.3) is 0 Å². The van der Waals surface area contributed by atoms with Gasteiger partial charge in [-0.15, -0.1) is 10.2 Å². The smallest absolute Gasteiger partial charge is 0.273 e. The van der Waals surface area contributed by atoms with Crippen molar-refractivity contribution in [2.24, 2.45) is 0 Å². The normalized spacial score (nSPS) is 10.3. The summed E-state index contributed by atoms with van der Waals surface area (Å²) in [6, 6.07) is 3.36. The molecule has 1 heterocycles. The Bertz CT molecular complexity index is 381. The van der Waals surface area contributed by atoms with E-state index in [4.69, 9.17) is 9.47 Å². The van der Waals surface area contributed by atoms with Crippen LogP contribution in [0.15, 0.2) is 12.1 Å². The molecule has 0 saturated heterocycles. The molecule has 19 heavy (non-hydrogen) atoms. The first-order valence-electron chi connectivity index (χ1n) is 6.01. The first kappa shape index (κ1) is 15.3. The predicted octanol–water partition coefficient (Wildman–Crippen LogP) is 0.253. The minimum Gasteiger partial charge on any atom is -0.382 e. The van der Waals surface area contributed by atoms with Gasteiger partial charge in [-0.3, -0.25) is 4.79 Å². The lowest BCUT2D eigenvalue weighted by atomic mass is 10.3. The lowest BCUT2D eigenvalue weighted by molar-refractivity contribution is 0.0759. The van der Waals surface area contributed by atoms with Crippen LogP contribution in [0, 0.1) is 0 Å². The number of aromatic nitrogens is 2. The zero-order valence-electron chi connectivity index (χ0n) is 11.5. The lowest BCUT2D eigenvalue weighted by Gasteiger charge is -2.09. The quantitative estimate of drug-likeness (QED) is 0.681. The SMILES string of the molecule is COCCOCCNc1ccc(C(=O)N(C)C)nn1. The molecule has 7 nitrogen and oxygen atoms in total. The van der Waals surface area contributed by atoms with Crippen molar-refractivity contribution < 1.29 is 14.3 Å². The van der Waals surface area contributed by atoms with E-state index >= 15 is 0 Å². The highest BCUT2D eigenvalue weighted by Crippen LogP contribution is 2.03. The zero-order valence-corrected chi connectivity index (χ0v) is 11.5. The van der Waals surface area contributed by atoms with Gasteiger partial charge < -0.3 is 19.7 Å². The number of hydrogen-bond acceptors (Lipinski definition) is 6. The van der Waals surface area contributed by atoms with E-state index in [0.29, 0.717) is 37.9 Å². The topological polar surface area (TPSA) is 76.6 Å². The number of nitrogens with zero attached hydrogens (tertiary/aromatic N) is 3. The summed E-state index contributed by atoms with van der Waals surface area (Å²) in [5, 5.41) is 10.8. The maximum atomic E-state index is 11.6. The van der Waals surface area contributed by atoms with Gasteiger partial charge in [-0.2, -0.15) is 0 Å². The first-order chi connectivity index (χ1) is 9.15. The highest BCUT2D eigenvalue weighted by Gasteiger charge is 2.09. The second-order valence-corrected chi connectivity index (χ2v) is 4.04. The van der Waals surface area contributed by atoms with Crippen molar-refractivity contribution in [3.63, 3.8) is 0 Å². The second kappa shape index (κ2) is 8.39. The zero-order chi connectivity index (χ0) is 14.1. The average molecular weight is 268 g/mol. The number of carbonyl (C=O) groups excluding carboxylic acids is 1. The molecule has 0 unspecified atom stereocenters. The van der Waals surface area contributed by atoms with Crippen molar-refractivity contribution in [3.05, 3.63) is 17.8 Å². The Hall–Kier alpha value is -1.73. The standard InChI is InChI=1S/C12H20N4O3/c1-16(2)12(17)10-4-5-11(15-14-10)13-6-7-19-9-8-18-3/h4-5H,6-9H2,1-3H3,(H,13,15). The van der Waals surface area contributed by atoms with Gasteiger partial charge in [-0.05, 0) is 12.1 Å². The summed E-state index contributed by atoms with van der Waals surface area (Å²) in [4.78, 5) is 13.0. The summed E-state index contributed by atoms with van der Waals surface area (Å²) < 4.78 is 10.2. The predicted molar refractivity (Wildman–Crippen MR) is 71.2 cm³/mol. The molecule has 1 rings (SSSR count). The van der Waals surface area contributed by atoms with E-state index in [0.717, 1.165) is 0 Å². The number of anilines is 1. The third-order valence-corrected chi connectivity index (χ3v) is 2.27. The molecule has 0 aromatic carbocycles. The molecular weight excluding hydrogens is 248 g/mol. The average Bonchev–Trinajstić information content (AvgIpc) is 2.42. The van der Waals surface area contributed by atoms with Gasteiger partial charge in [0, 0.05) is 27.7 Å². The molecule has 0 aliphatic carbocycles. The Morgan fingerprint density at radius 2 is 2.05 bits per heavy atom. The van der Waals surface area contributed by atoms with Crippen LogP contribution < -0.4 is 5.32 Å². The van der Waals surface area contributed by atoms with E-state index < -0.39 is 0 Å². The fourth-order valence-corrected chi connectivity index (χ4v) is 1.27. The number of carbonyl (C=O) groups is 1. The number of amides is 1. The van der Waals surface area contributed by atoms with Gasteiger partial charge in [0.2, 0.25) is 0 Å². The Morgan fingerprint density at radius 3 is 2.63 bits per heavy atom. The van der Waals surface area contributed by atoms with Crippen molar-refractivity contribution in [2.75, 3.05) is 52.9 Å². The molecule has 0 bridgehead atoms. The van der Waals surface area contributed by atoms with Crippen LogP contribution in [0.1, 0.15) is 10.5 Å². The molecule has 1 amide bonds. The molecule has 1 aromatic rings. The van der Waals surface area contributed by atoms with Crippen LogP contribution in [0.2, 0.25) is 0 Å². The summed E-state index contributed by atoms with van der Waals surface area (Å²) in [7, 11) is 4.98. The van der Waals surface area contributed by atoms with Crippen LogP contribution in [0.4, 0.5) is 5.82 Å². The summed E-state index contributed by atoms with van der Waals surface area (Å²) >= 11 is 0. The molecule has 0 saturated carbocycles. The van der Waals surface area contributed by atoms with Crippen molar-refractivity contribution in [1.29, 1.82) is 0 Å². The first-order valence-corrected chi connectivity index (χ1v) is 6.01. The van der Waals surface area contributed by atoms with E-state index in [9.17, 15) is 4.79 Å². The molecule has 1 aromatic heterocycles. The van der Waals surface area contributed by atoms with Crippen LogP contribution in [-0.2, 0) is 9.47 Å². The molecule has 0 atom stereocenters. The number of nitrogens with one attached hydrogen (secondary N) is 1. The molecule has 0 aliphatic rings. The summed E-state index contributed by atoms with van der Waals surface area (Å²) in [5.74, 6) is 0.451. The number of ether oxygens (including phenoxy) is 2. The Balaban J connectivity index is 2.30. The maximum Gasteiger partial charge on any atom is 0.273 e. The third-order valence-electron chi connectivity index (χ3n) is 2.27. The largest absolute Gasteiger partial charge is 0.382 e. The molecular formula is C12H20N4O3. The monoisotopic (exact) mass is 268 g/mol. The van der Waals surface area contributed by atoms with Crippen molar-refractivity contribution >= 4 is 11.7 Å². The maximum absolute atomic E-state index is 11.6. The van der Waals surface area contributed by atoms with Gasteiger partial charge in [0.15, 0.2) is 5.69 Å². The van der Waals surface area contributed by atoms with Gasteiger partial charge in [0.05, 0.1) is 19.8 Å². The van der Waals surface area contributed by atoms with Crippen molar-refractivity contribution in [1.82, 2.24) is 15.1 Å². The fourth-order valence-electron chi connectivity index (χ4n) is 1.27. The number of hydrogen-bond donors (Lipinski definition) is 1. The third kappa shape index (κ3) is 5.62. The fraction of sp³-hybridized carbons (Fsp3) is 0.583. The molecule has 7 heteroatoms.